The van der Waals surface area contributed by atoms with Crippen LogP contribution in [0.3, 0.4) is 0 Å². The van der Waals surface area contributed by atoms with Gasteiger partial charge in [-0.15, -0.1) is 0 Å². The highest BCUT2D eigenvalue weighted by Crippen LogP contribution is 2.44. The molecule has 2 amide bonds. The molecule has 0 saturated heterocycles. The van der Waals surface area contributed by atoms with Crippen LogP contribution in [0.25, 0.3) is 54.1 Å². The van der Waals surface area contributed by atoms with E-state index in [2.05, 4.69) is 20.6 Å². The van der Waals surface area contributed by atoms with Crippen molar-refractivity contribution >= 4 is 77.3 Å². The molecule has 2 aromatic heterocycles. The minimum Gasteiger partial charge on any atom is -0.325 e. The lowest BCUT2D eigenvalue weighted by atomic mass is 9.89. The van der Waals surface area contributed by atoms with Gasteiger partial charge in [0.25, 0.3) is 11.1 Å². The van der Waals surface area contributed by atoms with Crippen molar-refractivity contribution in [2.75, 3.05) is 10.6 Å². The van der Waals surface area contributed by atoms with E-state index >= 15 is 0 Å². The monoisotopic (exact) mass is 452 g/mol. The van der Waals surface area contributed by atoms with Crippen LogP contribution < -0.4 is 21.8 Å². The number of aromatic amines is 2. The third-order valence-corrected chi connectivity index (χ3v) is 6.56. The van der Waals surface area contributed by atoms with E-state index in [0.717, 1.165) is 43.4 Å². The van der Waals surface area contributed by atoms with Crippen molar-refractivity contribution in [3.63, 3.8) is 0 Å². The van der Waals surface area contributed by atoms with Crippen LogP contribution in [0.5, 0.6) is 0 Å². The summed E-state index contributed by atoms with van der Waals surface area (Å²) in [5.74, 6) is -0.454. The molecular weight excluding hydrogens is 432 g/mol. The second-order valence-electron chi connectivity index (χ2n) is 8.95. The Hall–Kier alpha value is -4.46. The first-order valence-electron chi connectivity index (χ1n) is 10.9. The minimum absolute atomic E-state index is 0.227. The molecule has 0 bridgehead atoms. The van der Waals surface area contributed by atoms with Crippen LogP contribution >= 0.6 is 0 Å². The van der Waals surface area contributed by atoms with Gasteiger partial charge in [0.1, 0.15) is 0 Å². The summed E-state index contributed by atoms with van der Waals surface area (Å²) in [5, 5.41) is 11.6. The number of benzene rings is 4. The SMILES string of the molecule is CC(=O)Nc1cc(C)c2c3c1[nH]c(=O)c3cc1cc3c(=O)[nH]c4c(NC(C)=O)cc(C)c(c43)c12. The molecule has 0 aliphatic rings. The molecule has 34 heavy (non-hydrogen) atoms. The smallest absolute Gasteiger partial charge is 0.256 e. The zero-order valence-electron chi connectivity index (χ0n) is 18.9. The summed E-state index contributed by atoms with van der Waals surface area (Å²) in [4.78, 5) is 55.2. The Morgan fingerprint density at radius 2 is 1.06 bits per heavy atom. The molecule has 168 valence electrons. The average molecular weight is 452 g/mol. The Morgan fingerprint density at radius 3 is 1.44 bits per heavy atom. The largest absolute Gasteiger partial charge is 0.325 e. The van der Waals surface area contributed by atoms with E-state index in [-0.39, 0.29) is 22.9 Å². The van der Waals surface area contributed by atoms with Gasteiger partial charge in [0.2, 0.25) is 11.8 Å². The Balaban J connectivity index is 1.90. The van der Waals surface area contributed by atoms with Crippen molar-refractivity contribution < 1.29 is 9.59 Å². The molecule has 0 aliphatic carbocycles. The van der Waals surface area contributed by atoms with Gasteiger partial charge in [-0.2, -0.15) is 0 Å². The van der Waals surface area contributed by atoms with Crippen molar-refractivity contribution in [1.29, 1.82) is 0 Å². The van der Waals surface area contributed by atoms with Crippen LogP contribution in [0.15, 0.2) is 33.9 Å². The fourth-order valence-electron chi connectivity index (χ4n) is 5.43. The predicted octanol–water partition coefficient (Wildman–Crippen LogP) is 4.24. The lowest BCUT2D eigenvalue weighted by Crippen LogP contribution is -2.07. The van der Waals surface area contributed by atoms with Crippen molar-refractivity contribution in [2.45, 2.75) is 27.7 Å². The third-order valence-electron chi connectivity index (χ3n) is 6.56. The fourth-order valence-corrected chi connectivity index (χ4v) is 5.43. The number of aromatic nitrogens is 2. The van der Waals surface area contributed by atoms with E-state index in [9.17, 15) is 19.2 Å². The molecule has 0 radical (unpaired) electrons. The molecule has 6 rings (SSSR count). The van der Waals surface area contributed by atoms with Crippen LogP contribution in [0.2, 0.25) is 0 Å². The molecule has 4 aromatic carbocycles. The number of carbonyl (C=O) groups is 2. The van der Waals surface area contributed by atoms with Gasteiger partial charge in [-0.3, -0.25) is 19.2 Å². The number of aryl methyl sites for hydroxylation is 2. The lowest BCUT2D eigenvalue weighted by Gasteiger charge is -2.16. The molecule has 6 aromatic rings. The maximum atomic E-state index is 12.9. The van der Waals surface area contributed by atoms with E-state index < -0.39 is 0 Å². The first-order valence-corrected chi connectivity index (χ1v) is 10.9. The van der Waals surface area contributed by atoms with Crippen LogP contribution in [-0.2, 0) is 9.59 Å². The van der Waals surface area contributed by atoms with Gasteiger partial charge in [-0.25, -0.2) is 0 Å². The molecule has 0 atom stereocenters. The topological polar surface area (TPSA) is 124 Å². The van der Waals surface area contributed by atoms with Crippen LogP contribution in [0.4, 0.5) is 11.4 Å². The van der Waals surface area contributed by atoms with Gasteiger partial charge < -0.3 is 20.6 Å². The number of nitrogens with one attached hydrogen (secondary N) is 4. The maximum Gasteiger partial charge on any atom is 0.256 e. The quantitative estimate of drug-likeness (QED) is 0.293. The maximum absolute atomic E-state index is 12.9. The second kappa shape index (κ2) is 6.54. The molecule has 0 fully saturated rings. The van der Waals surface area contributed by atoms with Gasteiger partial charge >= 0.3 is 0 Å². The Labute approximate surface area is 191 Å². The third kappa shape index (κ3) is 2.53. The Kier molecular flexibility index (Phi) is 3.88. The molecule has 0 unspecified atom stereocenters. The molecule has 0 saturated carbocycles. The Morgan fingerprint density at radius 1 is 0.647 bits per heavy atom. The van der Waals surface area contributed by atoms with E-state index in [1.54, 1.807) is 0 Å². The molecule has 8 heteroatoms. The second-order valence-corrected chi connectivity index (χ2v) is 8.95. The number of hydrogen-bond acceptors (Lipinski definition) is 4. The first-order chi connectivity index (χ1) is 16.2. The normalized spacial score (nSPS) is 12.0. The number of amides is 2. The number of rotatable bonds is 2. The summed E-state index contributed by atoms with van der Waals surface area (Å²) < 4.78 is 0. The van der Waals surface area contributed by atoms with Crippen molar-refractivity contribution in [3.8, 4) is 0 Å². The van der Waals surface area contributed by atoms with Crippen LogP contribution in [-0.4, -0.2) is 21.8 Å². The summed E-state index contributed by atoms with van der Waals surface area (Å²) >= 11 is 0. The summed E-state index contributed by atoms with van der Waals surface area (Å²) in [6.07, 6.45) is 0. The molecule has 0 spiro atoms. The highest BCUT2D eigenvalue weighted by atomic mass is 16.2. The number of fused-ring (bicyclic) bond motifs is 3. The molecule has 4 N–H and O–H groups in total. The molecular formula is C26H20N4O4. The van der Waals surface area contributed by atoms with E-state index in [1.807, 2.05) is 38.1 Å². The van der Waals surface area contributed by atoms with Crippen LogP contribution in [0, 0.1) is 13.8 Å². The fraction of sp³-hybridized carbons (Fsp3) is 0.154. The number of anilines is 2. The zero-order chi connectivity index (χ0) is 24.0. The van der Waals surface area contributed by atoms with Gasteiger partial charge in [0.05, 0.1) is 33.2 Å². The number of H-pyrrole nitrogens is 2. The van der Waals surface area contributed by atoms with Crippen LogP contribution in [0.1, 0.15) is 25.0 Å². The summed E-state index contributed by atoms with van der Waals surface area (Å²) in [6, 6.07) is 7.34. The van der Waals surface area contributed by atoms with Gasteiger partial charge in [0.15, 0.2) is 0 Å². The van der Waals surface area contributed by atoms with Crippen molar-refractivity contribution in [1.82, 2.24) is 9.97 Å². The molecule has 0 aliphatic heterocycles. The summed E-state index contributed by atoms with van der Waals surface area (Å²) in [6.45, 7) is 6.75. The van der Waals surface area contributed by atoms with Crippen molar-refractivity contribution in [3.05, 3.63) is 56.1 Å². The van der Waals surface area contributed by atoms with E-state index in [0.29, 0.717) is 33.2 Å². The molecule has 2 heterocycles. The minimum atomic E-state index is -0.251. The summed E-state index contributed by atoms with van der Waals surface area (Å²) in [7, 11) is 0. The van der Waals surface area contributed by atoms with E-state index in [1.165, 1.54) is 13.8 Å². The first kappa shape index (κ1) is 20.2. The highest BCUT2D eigenvalue weighted by molar-refractivity contribution is 6.35. The van der Waals surface area contributed by atoms with Crippen molar-refractivity contribution in [2.24, 2.45) is 0 Å². The average Bonchev–Trinajstić information content (AvgIpc) is 3.25. The van der Waals surface area contributed by atoms with Gasteiger partial charge in [-0.1, -0.05) is 0 Å². The summed E-state index contributed by atoms with van der Waals surface area (Å²) in [5.41, 5.74) is 3.54. The number of carbonyl (C=O) groups excluding carboxylic acids is 2. The molecule has 8 nitrogen and oxygen atoms in total. The van der Waals surface area contributed by atoms with Gasteiger partial charge in [0, 0.05) is 24.6 Å². The standard InChI is InChI=1S/C26H20N4O4/c1-9-5-16(27-11(3)31)23-21-14(25(33)29-23)7-13-8-15-22-19(20(13)18(9)21)10(2)6-17(28-12(4)32)24(22)30-26(15)34/h5-8H,1-4H3,(H,27,31)(H,28,32)(H,29,33)(H,30,34). The number of hydrogen-bond donors (Lipinski definition) is 4. The van der Waals surface area contributed by atoms with Gasteiger partial charge in [-0.05, 0) is 70.8 Å². The predicted molar refractivity (Wildman–Crippen MR) is 136 cm³/mol. The highest BCUT2D eigenvalue weighted by Gasteiger charge is 2.23. The zero-order valence-corrected chi connectivity index (χ0v) is 18.9. The lowest BCUT2D eigenvalue weighted by molar-refractivity contribution is -0.115. The Bertz CT molecular complexity index is 1840. The van der Waals surface area contributed by atoms with E-state index in [4.69, 9.17) is 0 Å².